The fourth-order valence-corrected chi connectivity index (χ4v) is 2.04. The summed E-state index contributed by atoms with van der Waals surface area (Å²) < 4.78 is 33.1. The molecule has 4 heteroatoms. The Bertz CT molecular complexity index is 628. The van der Waals surface area contributed by atoms with Gasteiger partial charge in [0, 0.05) is 17.7 Å². The molecular formula is C17H19F2NO. The van der Waals surface area contributed by atoms with Crippen molar-refractivity contribution in [3.63, 3.8) is 0 Å². The van der Waals surface area contributed by atoms with Gasteiger partial charge in [0.1, 0.15) is 23.1 Å². The van der Waals surface area contributed by atoms with E-state index < -0.39 is 0 Å². The third-order valence-corrected chi connectivity index (χ3v) is 3.44. The molecule has 2 aromatic rings. The van der Waals surface area contributed by atoms with Crippen molar-refractivity contribution < 1.29 is 13.5 Å². The van der Waals surface area contributed by atoms with Gasteiger partial charge in [-0.15, -0.1) is 0 Å². The number of nitrogens with two attached hydrogens (primary N) is 1. The van der Waals surface area contributed by atoms with Crippen molar-refractivity contribution >= 4 is 0 Å². The molecule has 2 rings (SSSR count). The van der Waals surface area contributed by atoms with Crippen molar-refractivity contribution in [3.05, 3.63) is 59.2 Å². The number of hydrogen-bond acceptors (Lipinski definition) is 2. The maximum atomic E-state index is 14.0. The highest BCUT2D eigenvalue weighted by atomic mass is 19.1. The van der Waals surface area contributed by atoms with Gasteiger partial charge < -0.3 is 10.5 Å². The number of rotatable bonds is 5. The SMILES string of the molecule is CCC(N)Cc1c(F)cccc1Oc1cc(F)ccc1C. The molecule has 0 amide bonds. The Kier molecular flexibility index (Phi) is 4.91. The van der Waals surface area contributed by atoms with E-state index in [9.17, 15) is 8.78 Å². The zero-order chi connectivity index (χ0) is 15.4. The average molecular weight is 291 g/mol. The Hall–Kier alpha value is -1.94. The molecule has 0 fully saturated rings. The van der Waals surface area contributed by atoms with Crippen LogP contribution in [-0.2, 0) is 6.42 Å². The minimum Gasteiger partial charge on any atom is -0.457 e. The Morgan fingerprint density at radius 3 is 2.62 bits per heavy atom. The minimum atomic E-state index is -0.390. The van der Waals surface area contributed by atoms with Gasteiger partial charge in [-0.05, 0) is 43.5 Å². The Morgan fingerprint density at radius 1 is 1.14 bits per heavy atom. The van der Waals surface area contributed by atoms with Gasteiger partial charge in [-0.1, -0.05) is 19.1 Å². The first-order valence-corrected chi connectivity index (χ1v) is 6.98. The summed E-state index contributed by atoms with van der Waals surface area (Å²) >= 11 is 0. The van der Waals surface area contributed by atoms with Gasteiger partial charge in [-0.2, -0.15) is 0 Å². The van der Waals surface area contributed by atoms with E-state index in [4.69, 9.17) is 10.5 Å². The molecule has 0 aliphatic carbocycles. The van der Waals surface area contributed by atoms with E-state index >= 15 is 0 Å². The number of benzene rings is 2. The van der Waals surface area contributed by atoms with Crippen molar-refractivity contribution in [2.45, 2.75) is 32.7 Å². The van der Waals surface area contributed by atoms with Crippen molar-refractivity contribution in [1.82, 2.24) is 0 Å². The number of hydrogen-bond donors (Lipinski definition) is 1. The standard InChI is InChI=1S/C17H19F2NO/c1-3-13(20)10-14-15(19)5-4-6-16(14)21-17-9-12(18)8-7-11(17)2/h4-9,13H,3,10,20H2,1-2H3. The lowest BCUT2D eigenvalue weighted by Gasteiger charge is -2.16. The van der Waals surface area contributed by atoms with Crippen LogP contribution in [0.2, 0.25) is 0 Å². The molecule has 0 radical (unpaired) electrons. The molecule has 1 atom stereocenters. The third kappa shape index (κ3) is 3.79. The zero-order valence-corrected chi connectivity index (χ0v) is 12.2. The normalized spacial score (nSPS) is 12.2. The van der Waals surface area contributed by atoms with Crippen LogP contribution in [0, 0.1) is 18.6 Å². The molecule has 0 aliphatic rings. The molecule has 21 heavy (non-hydrogen) atoms. The summed E-state index contributed by atoms with van der Waals surface area (Å²) in [5.74, 6) is 0.0174. The Balaban J connectivity index is 2.35. The minimum absolute atomic E-state index is 0.141. The van der Waals surface area contributed by atoms with Crippen molar-refractivity contribution in [2.75, 3.05) is 0 Å². The summed E-state index contributed by atoms with van der Waals surface area (Å²) in [5.41, 5.74) is 7.12. The first kappa shape index (κ1) is 15.4. The molecule has 2 N–H and O–H groups in total. The van der Waals surface area contributed by atoms with E-state index in [0.29, 0.717) is 23.5 Å². The summed E-state index contributed by atoms with van der Waals surface area (Å²) in [7, 11) is 0. The van der Waals surface area contributed by atoms with Crippen LogP contribution in [0.15, 0.2) is 36.4 Å². The summed E-state index contributed by atoms with van der Waals surface area (Å²) in [6.07, 6.45) is 1.12. The summed E-state index contributed by atoms with van der Waals surface area (Å²) in [4.78, 5) is 0. The largest absolute Gasteiger partial charge is 0.457 e. The van der Waals surface area contributed by atoms with Gasteiger partial charge >= 0.3 is 0 Å². The molecule has 2 nitrogen and oxygen atoms in total. The third-order valence-electron chi connectivity index (χ3n) is 3.44. The first-order valence-electron chi connectivity index (χ1n) is 6.98. The topological polar surface area (TPSA) is 35.2 Å². The van der Waals surface area contributed by atoms with Crippen LogP contribution in [0.3, 0.4) is 0 Å². The molecule has 0 saturated carbocycles. The van der Waals surface area contributed by atoms with Crippen molar-refractivity contribution in [3.8, 4) is 11.5 Å². The zero-order valence-electron chi connectivity index (χ0n) is 12.2. The number of aryl methyl sites for hydroxylation is 1. The smallest absolute Gasteiger partial charge is 0.133 e. The number of halogens is 2. The van der Waals surface area contributed by atoms with Crippen LogP contribution < -0.4 is 10.5 Å². The lowest BCUT2D eigenvalue weighted by molar-refractivity contribution is 0.454. The van der Waals surface area contributed by atoms with Crippen LogP contribution >= 0.6 is 0 Å². The quantitative estimate of drug-likeness (QED) is 0.889. The van der Waals surface area contributed by atoms with Gasteiger partial charge in [-0.3, -0.25) is 0 Å². The van der Waals surface area contributed by atoms with E-state index in [1.165, 1.54) is 18.2 Å². The second-order valence-electron chi connectivity index (χ2n) is 5.10. The van der Waals surface area contributed by atoms with Gasteiger partial charge in [0.15, 0.2) is 0 Å². The van der Waals surface area contributed by atoms with Gasteiger partial charge in [0.2, 0.25) is 0 Å². The maximum Gasteiger partial charge on any atom is 0.133 e. The van der Waals surface area contributed by atoms with Crippen LogP contribution in [0.25, 0.3) is 0 Å². The highest BCUT2D eigenvalue weighted by molar-refractivity contribution is 5.42. The Labute approximate surface area is 123 Å². The molecule has 0 heterocycles. The van der Waals surface area contributed by atoms with E-state index in [2.05, 4.69) is 0 Å². The predicted molar refractivity (Wildman–Crippen MR) is 79.6 cm³/mol. The molecule has 0 aliphatic heterocycles. The van der Waals surface area contributed by atoms with E-state index in [-0.39, 0.29) is 17.7 Å². The molecule has 1 unspecified atom stereocenters. The highest BCUT2D eigenvalue weighted by Gasteiger charge is 2.14. The molecule has 0 spiro atoms. The second-order valence-corrected chi connectivity index (χ2v) is 5.10. The van der Waals surface area contributed by atoms with Gasteiger partial charge in [-0.25, -0.2) is 8.78 Å². The Morgan fingerprint density at radius 2 is 1.90 bits per heavy atom. The number of ether oxygens (including phenoxy) is 1. The summed E-state index contributed by atoms with van der Waals surface area (Å²) in [5, 5.41) is 0. The molecule has 2 aromatic carbocycles. The molecule has 0 aromatic heterocycles. The monoisotopic (exact) mass is 291 g/mol. The fraction of sp³-hybridized carbons (Fsp3) is 0.294. The average Bonchev–Trinajstić information content (AvgIpc) is 2.46. The second kappa shape index (κ2) is 6.68. The van der Waals surface area contributed by atoms with Gasteiger partial charge in [0.05, 0.1) is 0 Å². The summed E-state index contributed by atoms with van der Waals surface area (Å²) in [6, 6.07) is 8.76. The predicted octanol–water partition coefficient (Wildman–Crippen LogP) is 4.35. The summed E-state index contributed by atoms with van der Waals surface area (Å²) in [6.45, 7) is 3.76. The fourth-order valence-electron chi connectivity index (χ4n) is 2.04. The van der Waals surface area contributed by atoms with Gasteiger partial charge in [0.25, 0.3) is 0 Å². The molecule has 112 valence electrons. The van der Waals surface area contributed by atoms with Crippen LogP contribution in [0.1, 0.15) is 24.5 Å². The van der Waals surface area contributed by atoms with Crippen molar-refractivity contribution in [2.24, 2.45) is 5.73 Å². The first-order chi connectivity index (χ1) is 10.0. The van der Waals surface area contributed by atoms with Crippen LogP contribution in [0.5, 0.6) is 11.5 Å². The van der Waals surface area contributed by atoms with E-state index in [1.807, 2.05) is 13.8 Å². The molecule has 0 saturated heterocycles. The molecular weight excluding hydrogens is 272 g/mol. The maximum absolute atomic E-state index is 14.0. The van der Waals surface area contributed by atoms with E-state index in [0.717, 1.165) is 12.0 Å². The lowest BCUT2D eigenvalue weighted by atomic mass is 10.0. The van der Waals surface area contributed by atoms with Crippen LogP contribution in [-0.4, -0.2) is 6.04 Å². The molecule has 0 bridgehead atoms. The van der Waals surface area contributed by atoms with Crippen LogP contribution in [0.4, 0.5) is 8.78 Å². The lowest BCUT2D eigenvalue weighted by Crippen LogP contribution is -2.22. The highest BCUT2D eigenvalue weighted by Crippen LogP contribution is 2.30. The van der Waals surface area contributed by atoms with Crippen molar-refractivity contribution in [1.29, 1.82) is 0 Å². The van der Waals surface area contributed by atoms with E-state index in [1.54, 1.807) is 18.2 Å².